The molecular formula is C19H24N2O4S2. The number of ether oxygens (including phenoxy) is 1. The predicted octanol–water partition coefficient (Wildman–Crippen LogP) is 4.04. The molecule has 3 rings (SSSR count). The summed E-state index contributed by atoms with van der Waals surface area (Å²) >= 11 is 1.57. The summed E-state index contributed by atoms with van der Waals surface area (Å²) in [6, 6.07) is 6.84. The van der Waals surface area contributed by atoms with Crippen molar-refractivity contribution < 1.29 is 17.9 Å². The molecule has 0 spiro atoms. The minimum Gasteiger partial charge on any atom is -0.494 e. The average molecular weight is 409 g/mol. The summed E-state index contributed by atoms with van der Waals surface area (Å²) in [4.78, 5) is 14.7. The largest absolute Gasteiger partial charge is 0.494 e. The zero-order chi connectivity index (χ0) is 19.4. The Hall–Kier alpha value is -2.06. The molecule has 0 saturated carbocycles. The first-order valence-electron chi connectivity index (χ1n) is 8.94. The van der Waals surface area contributed by atoms with Crippen molar-refractivity contribution >= 4 is 38.6 Å². The summed E-state index contributed by atoms with van der Waals surface area (Å²) in [7, 11) is -1.96. The second-order valence-electron chi connectivity index (χ2n) is 6.72. The van der Waals surface area contributed by atoms with Crippen LogP contribution < -0.4 is 14.8 Å². The third-order valence-electron chi connectivity index (χ3n) is 4.48. The maximum atomic E-state index is 12.7. The summed E-state index contributed by atoms with van der Waals surface area (Å²) < 4.78 is 30.5. The average Bonchev–Trinajstić information content (AvgIpc) is 2.97. The van der Waals surface area contributed by atoms with Crippen molar-refractivity contribution in [3.8, 4) is 5.75 Å². The maximum Gasteiger partial charge on any atom is 0.265 e. The van der Waals surface area contributed by atoms with E-state index in [1.54, 1.807) is 29.5 Å². The van der Waals surface area contributed by atoms with Crippen molar-refractivity contribution in [2.45, 2.75) is 38.5 Å². The highest BCUT2D eigenvalue weighted by Crippen LogP contribution is 2.31. The lowest BCUT2D eigenvalue weighted by Crippen LogP contribution is -2.12. The first-order valence-corrected chi connectivity index (χ1v) is 11.7. The second-order valence-corrected chi connectivity index (χ2v) is 9.60. The number of nitrogens with one attached hydrogen (secondary N) is 2. The Kier molecular flexibility index (Phi) is 6.06. The summed E-state index contributed by atoms with van der Waals surface area (Å²) in [6.45, 7) is 0. The molecule has 0 atom stereocenters. The number of methoxy groups -OCH3 is 1. The van der Waals surface area contributed by atoms with Gasteiger partial charge in [0, 0.05) is 16.6 Å². The van der Waals surface area contributed by atoms with E-state index in [0.717, 1.165) is 19.1 Å². The van der Waals surface area contributed by atoms with Gasteiger partial charge in [-0.3, -0.25) is 9.52 Å². The van der Waals surface area contributed by atoms with Crippen LogP contribution in [0.2, 0.25) is 0 Å². The van der Waals surface area contributed by atoms with Gasteiger partial charge in [-0.25, -0.2) is 8.42 Å². The molecule has 0 unspecified atom stereocenters. The molecule has 1 aromatic heterocycles. The molecule has 146 valence electrons. The van der Waals surface area contributed by atoms with Crippen molar-refractivity contribution in [2.24, 2.45) is 0 Å². The Morgan fingerprint density at radius 2 is 1.85 bits per heavy atom. The molecule has 1 amide bonds. The molecular weight excluding hydrogens is 384 g/mol. The van der Waals surface area contributed by atoms with Crippen LogP contribution >= 0.6 is 11.3 Å². The number of thiophene rings is 1. The Morgan fingerprint density at radius 1 is 1.11 bits per heavy atom. The fourth-order valence-corrected chi connectivity index (χ4v) is 4.92. The van der Waals surface area contributed by atoms with Gasteiger partial charge in [0.15, 0.2) is 0 Å². The number of sulfonamides is 1. The summed E-state index contributed by atoms with van der Waals surface area (Å²) in [5.41, 5.74) is 2.18. The molecule has 1 aliphatic carbocycles. The minimum atomic E-state index is -3.41. The number of benzene rings is 1. The first-order chi connectivity index (χ1) is 12.9. The highest BCUT2D eigenvalue weighted by atomic mass is 32.2. The molecule has 27 heavy (non-hydrogen) atoms. The van der Waals surface area contributed by atoms with E-state index in [9.17, 15) is 13.2 Å². The predicted molar refractivity (Wildman–Crippen MR) is 110 cm³/mol. The molecule has 0 radical (unpaired) electrons. The Labute approximate surface area is 164 Å². The van der Waals surface area contributed by atoms with E-state index in [4.69, 9.17) is 4.74 Å². The van der Waals surface area contributed by atoms with Crippen LogP contribution in [0, 0.1) is 0 Å². The quantitative estimate of drug-likeness (QED) is 0.782. The maximum absolute atomic E-state index is 12.7. The first kappa shape index (κ1) is 19.7. The van der Waals surface area contributed by atoms with Gasteiger partial charge in [-0.15, -0.1) is 11.3 Å². The number of aryl methyl sites for hydroxylation is 2. The molecule has 2 aromatic rings. The third-order valence-corrected chi connectivity index (χ3v) is 6.30. The number of carbonyl (C=O) groups is 1. The zero-order valence-corrected chi connectivity index (χ0v) is 17.1. The lowest BCUT2D eigenvalue weighted by atomic mass is 10.00. The van der Waals surface area contributed by atoms with Gasteiger partial charge in [0.2, 0.25) is 10.0 Å². The van der Waals surface area contributed by atoms with Crippen molar-refractivity contribution in [1.29, 1.82) is 0 Å². The van der Waals surface area contributed by atoms with Crippen molar-refractivity contribution in [3.63, 3.8) is 0 Å². The minimum absolute atomic E-state index is 0.155. The molecule has 6 nitrogen and oxygen atoms in total. The normalized spacial score (nSPS) is 14.6. The van der Waals surface area contributed by atoms with Crippen LogP contribution in [-0.4, -0.2) is 27.7 Å². The monoisotopic (exact) mass is 408 g/mol. The van der Waals surface area contributed by atoms with E-state index in [0.29, 0.717) is 22.0 Å². The number of fused-ring (bicyclic) bond motifs is 1. The van der Waals surface area contributed by atoms with Gasteiger partial charge in [-0.2, -0.15) is 0 Å². The Morgan fingerprint density at radius 3 is 2.56 bits per heavy atom. The van der Waals surface area contributed by atoms with Gasteiger partial charge in [0.1, 0.15) is 5.75 Å². The Balaban J connectivity index is 1.77. The van der Waals surface area contributed by atoms with Gasteiger partial charge in [-0.05, 0) is 49.4 Å². The summed E-state index contributed by atoms with van der Waals surface area (Å²) in [5, 5.41) is 2.88. The van der Waals surface area contributed by atoms with Crippen LogP contribution in [0.5, 0.6) is 5.75 Å². The number of hydrogen-bond donors (Lipinski definition) is 2. The molecule has 1 heterocycles. The molecule has 0 saturated heterocycles. The van der Waals surface area contributed by atoms with Gasteiger partial charge in [0.05, 0.1) is 23.9 Å². The number of hydrogen-bond acceptors (Lipinski definition) is 5. The fraction of sp³-hybridized carbons (Fsp3) is 0.421. The topological polar surface area (TPSA) is 84.5 Å². The van der Waals surface area contributed by atoms with Crippen molar-refractivity contribution in [3.05, 3.63) is 39.6 Å². The standard InChI is InChI=1S/C19H24N2O4S2/c1-25-16-12-14(9-10-15(16)21-27(2,23)24)20-19(22)18-11-13-7-5-3-4-6-8-17(13)26-18/h9-12,21H,3-8H2,1-2H3,(H,20,22). The smallest absolute Gasteiger partial charge is 0.265 e. The molecule has 0 bridgehead atoms. The highest BCUT2D eigenvalue weighted by Gasteiger charge is 2.17. The second kappa shape index (κ2) is 8.31. The van der Waals surface area contributed by atoms with Crippen LogP contribution in [-0.2, 0) is 22.9 Å². The van der Waals surface area contributed by atoms with E-state index in [-0.39, 0.29) is 5.91 Å². The van der Waals surface area contributed by atoms with E-state index in [1.165, 1.54) is 43.2 Å². The lowest BCUT2D eigenvalue weighted by Gasteiger charge is -2.12. The van der Waals surface area contributed by atoms with Crippen LogP contribution in [0.4, 0.5) is 11.4 Å². The number of anilines is 2. The van der Waals surface area contributed by atoms with Crippen molar-refractivity contribution in [1.82, 2.24) is 0 Å². The van der Waals surface area contributed by atoms with Crippen LogP contribution in [0.25, 0.3) is 0 Å². The molecule has 2 N–H and O–H groups in total. The summed E-state index contributed by atoms with van der Waals surface area (Å²) in [5.74, 6) is 0.189. The zero-order valence-electron chi connectivity index (χ0n) is 15.5. The van der Waals surface area contributed by atoms with Gasteiger partial charge >= 0.3 is 0 Å². The summed E-state index contributed by atoms with van der Waals surface area (Å²) in [6.07, 6.45) is 8.03. The lowest BCUT2D eigenvalue weighted by molar-refractivity contribution is 0.103. The molecule has 0 fully saturated rings. The van der Waals surface area contributed by atoms with Crippen LogP contribution in [0.3, 0.4) is 0 Å². The van der Waals surface area contributed by atoms with E-state index < -0.39 is 10.0 Å². The van der Waals surface area contributed by atoms with E-state index >= 15 is 0 Å². The molecule has 1 aromatic carbocycles. The van der Waals surface area contributed by atoms with Gasteiger partial charge in [0.25, 0.3) is 5.91 Å². The van der Waals surface area contributed by atoms with E-state index in [2.05, 4.69) is 10.0 Å². The number of carbonyl (C=O) groups excluding carboxylic acids is 1. The fourth-order valence-electron chi connectivity index (χ4n) is 3.20. The van der Waals surface area contributed by atoms with Gasteiger partial charge < -0.3 is 10.1 Å². The van der Waals surface area contributed by atoms with Crippen LogP contribution in [0.15, 0.2) is 24.3 Å². The molecule has 1 aliphatic rings. The number of amides is 1. The van der Waals surface area contributed by atoms with Crippen molar-refractivity contribution in [2.75, 3.05) is 23.4 Å². The van der Waals surface area contributed by atoms with Crippen LogP contribution in [0.1, 0.15) is 45.8 Å². The number of rotatable bonds is 5. The van der Waals surface area contributed by atoms with Gasteiger partial charge in [-0.1, -0.05) is 12.8 Å². The SMILES string of the molecule is COc1cc(NC(=O)c2cc3c(s2)CCCCCC3)ccc1NS(C)(=O)=O. The highest BCUT2D eigenvalue weighted by molar-refractivity contribution is 7.92. The third kappa shape index (κ3) is 5.23. The Bertz CT molecular complexity index is 910. The molecule has 0 aliphatic heterocycles. The molecule has 8 heteroatoms. The van der Waals surface area contributed by atoms with E-state index in [1.807, 2.05) is 6.07 Å².